The molecule has 10 heteroatoms. The monoisotopic (exact) mass is 394 g/mol. The van der Waals surface area contributed by atoms with Crippen molar-refractivity contribution < 1.29 is 42.7 Å². The Morgan fingerprint density at radius 1 is 1.34 bits per heavy atom. The number of aromatic nitrogens is 2. The van der Waals surface area contributed by atoms with E-state index in [1.54, 1.807) is 33.8 Å². The molecule has 0 fully saturated rings. The zero-order valence-electron chi connectivity index (χ0n) is 16.9. The summed E-state index contributed by atoms with van der Waals surface area (Å²) in [5, 5.41) is 22.7. The molecule has 0 aliphatic heterocycles. The van der Waals surface area contributed by atoms with Gasteiger partial charge in [-0.05, 0) is 45.4 Å². The van der Waals surface area contributed by atoms with E-state index in [9.17, 15) is 19.1 Å². The summed E-state index contributed by atoms with van der Waals surface area (Å²) in [6.07, 6.45) is 1.83. The first-order chi connectivity index (χ1) is 13.0. The van der Waals surface area contributed by atoms with Gasteiger partial charge in [0.15, 0.2) is 0 Å². The number of nitrogens with one attached hydrogen (secondary N) is 1. The maximum atomic E-state index is 14.2. The number of imidazole rings is 1. The van der Waals surface area contributed by atoms with Crippen molar-refractivity contribution in [3.63, 3.8) is 0 Å². The number of carboxylic acids is 1. The number of carbonyl (C=O) groups is 2. The average Bonchev–Trinajstić information content (AvgIpc) is 3.00. The Morgan fingerprint density at radius 2 is 2.00 bits per heavy atom. The SMILES string of the molecule is CC(C)(C)OC(=O)NC(C)(c1ccc(C#N)c(F)c1)c1cncn1CC(=O)[O-].[Li+]. The Balaban J connectivity index is 0.00000420. The molecule has 29 heavy (non-hydrogen) atoms. The maximum absolute atomic E-state index is 14.2. The van der Waals surface area contributed by atoms with Gasteiger partial charge in [0.2, 0.25) is 0 Å². The zero-order chi connectivity index (χ0) is 21.1. The van der Waals surface area contributed by atoms with Gasteiger partial charge < -0.3 is 24.5 Å². The predicted octanol–water partition coefficient (Wildman–Crippen LogP) is -1.56. The van der Waals surface area contributed by atoms with Crippen LogP contribution in [-0.2, 0) is 21.6 Å². The smallest absolute Gasteiger partial charge is 0.548 e. The van der Waals surface area contributed by atoms with Crippen LogP contribution in [0.2, 0.25) is 0 Å². The van der Waals surface area contributed by atoms with Crippen molar-refractivity contribution >= 4 is 12.1 Å². The van der Waals surface area contributed by atoms with Gasteiger partial charge in [-0.1, -0.05) is 6.07 Å². The van der Waals surface area contributed by atoms with Gasteiger partial charge in [-0.15, -0.1) is 0 Å². The van der Waals surface area contributed by atoms with Crippen LogP contribution in [0, 0.1) is 17.1 Å². The van der Waals surface area contributed by atoms with E-state index in [0.29, 0.717) is 0 Å². The van der Waals surface area contributed by atoms with Crippen LogP contribution in [0.4, 0.5) is 9.18 Å². The van der Waals surface area contributed by atoms with Crippen molar-refractivity contribution in [3.8, 4) is 6.07 Å². The third kappa shape index (κ3) is 5.83. The van der Waals surface area contributed by atoms with Crippen LogP contribution in [0.3, 0.4) is 0 Å². The van der Waals surface area contributed by atoms with Gasteiger partial charge in [-0.2, -0.15) is 5.26 Å². The van der Waals surface area contributed by atoms with Crippen molar-refractivity contribution in [3.05, 3.63) is 53.4 Å². The van der Waals surface area contributed by atoms with Crippen LogP contribution in [0.5, 0.6) is 0 Å². The second-order valence-corrected chi connectivity index (χ2v) is 7.34. The molecule has 1 unspecified atom stereocenters. The summed E-state index contributed by atoms with van der Waals surface area (Å²) in [7, 11) is 0. The minimum Gasteiger partial charge on any atom is -0.548 e. The first-order valence-electron chi connectivity index (χ1n) is 8.38. The first-order valence-corrected chi connectivity index (χ1v) is 8.38. The maximum Gasteiger partial charge on any atom is 1.00 e. The van der Waals surface area contributed by atoms with Gasteiger partial charge in [-0.3, -0.25) is 0 Å². The van der Waals surface area contributed by atoms with Crippen LogP contribution < -0.4 is 29.3 Å². The molecule has 8 nitrogen and oxygen atoms in total. The van der Waals surface area contributed by atoms with E-state index in [0.717, 1.165) is 6.07 Å². The van der Waals surface area contributed by atoms with Crippen LogP contribution >= 0.6 is 0 Å². The van der Waals surface area contributed by atoms with Crippen molar-refractivity contribution in [2.75, 3.05) is 0 Å². The molecule has 0 aliphatic rings. The molecular weight excluding hydrogens is 374 g/mol. The number of nitrogens with zero attached hydrogens (tertiary/aromatic N) is 3. The topological polar surface area (TPSA) is 120 Å². The molecule has 148 valence electrons. The van der Waals surface area contributed by atoms with Gasteiger partial charge in [0.05, 0.1) is 36.3 Å². The number of rotatable bonds is 5. The number of hydrogen-bond acceptors (Lipinski definition) is 6. The summed E-state index contributed by atoms with van der Waals surface area (Å²) < 4.78 is 20.8. The molecule has 0 radical (unpaired) electrons. The van der Waals surface area contributed by atoms with Crippen molar-refractivity contribution in [2.45, 2.75) is 45.4 Å². The summed E-state index contributed by atoms with van der Waals surface area (Å²) in [4.78, 5) is 27.4. The molecule has 1 aromatic heterocycles. The third-order valence-electron chi connectivity index (χ3n) is 3.94. The molecule has 2 aromatic rings. The van der Waals surface area contributed by atoms with E-state index in [1.807, 2.05) is 0 Å². The Morgan fingerprint density at radius 3 is 2.52 bits per heavy atom. The Hall–Kier alpha value is -2.81. The van der Waals surface area contributed by atoms with E-state index in [4.69, 9.17) is 10.00 Å². The minimum atomic E-state index is -1.40. The first kappa shape index (κ1) is 24.2. The fourth-order valence-electron chi connectivity index (χ4n) is 2.71. The summed E-state index contributed by atoms with van der Waals surface area (Å²) in [5.74, 6) is -2.13. The summed E-state index contributed by atoms with van der Waals surface area (Å²) >= 11 is 0. The molecule has 1 atom stereocenters. The number of alkyl carbamates (subject to hydrolysis) is 1. The van der Waals surface area contributed by atoms with E-state index >= 15 is 0 Å². The normalized spacial score (nSPS) is 12.8. The third-order valence-corrected chi connectivity index (χ3v) is 3.94. The quantitative estimate of drug-likeness (QED) is 0.613. The molecular formula is C19H20FLiN4O4. The molecule has 0 aliphatic carbocycles. The zero-order valence-corrected chi connectivity index (χ0v) is 16.9. The number of ether oxygens (including phenoxy) is 1. The number of amides is 1. The van der Waals surface area contributed by atoms with Gasteiger partial charge in [0.1, 0.15) is 23.0 Å². The van der Waals surface area contributed by atoms with Crippen molar-refractivity contribution in [2.24, 2.45) is 0 Å². The molecule has 0 saturated carbocycles. The number of halogens is 1. The van der Waals surface area contributed by atoms with Crippen LogP contribution in [0.25, 0.3) is 0 Å². The second kappa shape index (κ2) is 9.12. The van der Waals surface area contributed by atoms with Gasteiger partial charge in [0.25, 0.3) is 0 Å². The van der Waals surface area contributed by atoms with Crippen molar-refractivity contribution in [1.82, 2.24) is 14.9 Å². The molecule has 1 aromatic carbocycles. The molecule has 1 amide bonds. The fraction of sp³-hybridized carbons (Fsp3) is 0.368. The van der Waals surface area contributed by atoms with Gasteiger partial charge >= 0.3 is 25.0 Å². The standard InChI is InChI=1S/C19H21FN4O4.Li/c1-18(2,3)28-17(27)23-19(4,13-6-5-12(8-21)14(20)7-13)15-9-22-11-24(15)10-16(25)26;/h5-7,9,11H,10H2,1-4H3,(H,23,27)(H,25,26);/q;+1/p-1. The van der Waals surface area contributed by atoms with Crippen LogP contribution in [0.15, 0.2) is 30.7 Å². The summed E-state index contributed by atoms with van der Waals surface area (Å²) in [6, 6.07) is 5.58. The average molecular weight is 394 g/mol. The van der Waals surface area contributed by atoms with Gasteiger partial charge in [0, 0.05) is 0 Å². The minimum absolute atomic E-state index is 0. The number of carboxylic acid groups (broad SMARTS) is 1. The van der Waals surface area contributed by atoms with Crippen LogP contribution in [-0.4, -0.2) is 27.2 Å². The number of benzene rings is 1. The summed E-state index contributed by atoms with van der Waals surface area (Å²) in [5.41, 5.74) is -1.80. The molecule has 0 bridgehead atoms. The van der Waals surface area contributed by atoms with Gasteiger partial charge in [-0.25, -0.2) is 14.2 Å². The Labute approximate surface area is 179 Å². The van der Waals surface area contributed by atoms with E-state index in [1.165, 1.54) is 29.2 Å². The van der Waals surface area contributed by atoms with E-state index < -0.39 is 35.6 Å². The molecule has 1 N–H and O–H groups in total. The van der Waals surface area contributed by atoms with E-state index in [-0.39, 0.29) is 35.7 Å². The molecule has 0 spiro atoms. The van der Waals surface area contributed by atoms with E-state index in [2.05, 4.69) is 10.3 Å². The number of nitriles is 1. The fourth-order valence-corrected chi connectivity index (χ4v) is 2.71. The Bertz CT molecular complexity index is 948. The molecule has 1 heterocycles. The number of hydrogen-bond donors (Lipinski definition) is 1. The van der Waals surface area contributed by atoms with Crippen LogP contribution in [0.1, 0.15) is 44.5 Å². The molecule has 2 rings (SSSR count). The predicted molar refractivity (Wildman–Crippen MR) is 94.2 cm³/mol. The number of aliphatic carboxylic acids is 1. The molecule has 0 saturated heterocycles. The summed E-state index contributed by atoms with van der Waals surface area (Å²) in [6.45, 7) is 6.10. The Kier molecular flexibility index (Phi) is 7.62. The van der Waals surface area contributed by atoms with Crippen molar-refractivity contribution in [1.29, 1.82) is 5.26 Å². The second-order valence-electron chi connectivity index (χ2n) is 7.34. The number of carbonyl (C=O) groups excluding carboxylic acids is 2. The largest absolute Gasteiger partial charge is 1.00 e.